The van der Waals surface area contributed by atoms with Gasteiger partial charge in [0.05, 0.1) is 11.8 Å². The molecule has 0 atom stereocenters. The molecule has 6 fully saturated rings. The van der Waals surface area contributed by atoms with E-state index in [9.17, 15) is 14.0 Å². The van der Waals surface area contributed by atoms with E-state index in [0.717, 1.165) is 82.9 Å². The topological polar surface area (TPSA) is 90.9 Å². The maximum absolute atomic E-state index is 14.4. The molecule has 10 heteroatoms. The van der Waals surface area contributed by atoms with Crippen LogP contribution in [0.2, 0.25) is 0 Å². The fourth-order valence-corrected chi connectivity index (χ4v) is 8.34. The van der Waals surface area contributed by atoms with Crippen LogP contribution in [0.25, 0.3) is 0 Å². The number of hydrogen-bond acceptors (Lipinski definition) is 7. The minimum absolute atomic E-state index is 0.0971. The predicted octanol–water partition coefficient (Wildman–Crippen LogP) is 4.92. The van der Waals surface area contributed by atoms with Crippen molar-refractivity contribution in [2.75, 3.05) is 37.6 Å². The van der Waals surface area contributed by atoms with E-state index in [0.29, 0.717) is 17.9 Å². The molecule has 3 saturated heterocycles. The van der Waals surface area contributed by atoms with Crippen LogP contribution in [0.15, 0.2) is 30.7 Å². The molecule has 1 aromatic heterocycles. The van der Waals surface area contributed by atoms with Gasteiger partial charge in [-0.15, -0.1) is 0 Å². The average Bonchev–Trinajstić information content (AvgIpc) is 3.96. The van der Waals surface area contributed by atoms with Crippen molar-refractivity contribution >= 4 is 17.6 Å². The molecule has 3 saturated carbocycles. The smallest absolute Gasteiger partial charge is 0.258 e. The number of ether oxygens (including phenoxy) is 1. The lowest BCUT2D eigenvalue weighted by Gasteiger charge is -2.55. The van der Waals surface area contributed by atoms with Crippen LogP contribution < -0.4 is 15.0 Å². The van der Waals surface area contributed by atoms with Crippen molar-refractivity contribution in [1.82, 2.24) is 25.1 Å². The SMILES string of the molecule is O=C1CCC2(CCC(CN3CCC4(CC3)CN(c3ncncc3Oc3ccc(F)cc3C(=O)N(C3CC3)C3CC3)C4)CC2)N1. The molecular weight excluding hydrogens is 559 g/mol. The number of piperidine rings is 1. The molecule has 1 N–H and O–H groups in total. The number of nitrogens with zero attached hydrogens (tertiary/aromatic N) is 5. The van der Waals surface area contributed by atoms with Crippen molar-refractivity contribution in [3.8, 4) is 11.5 Å². The number of nitrogens with one attached hydrogen (secondary N) is 1. The molecule has 2 aromatic rings. The molecule has 44 heavy (non-hydrogen) atoms. The molecule has 8 rings (SSSR count). The van der Waals surface area contributed by atoms with Crippen LogP contribution in [0.4, 0.5) is 10.2 Å². The second kappa shape index (κ2) is 11.0. The first kappa shape index (κ1) is 28.2. The van der Waals surface area contributed by atoms with Gasteiger partial charge in [-0.2, -0.15) is 0 Å². The summed E-state index contributed by atoms with van der Waals surface area (Å²) < 4.78 is 20.7. The van der Waals surface area contributed by atoms with Gasteiger partial charge in [-0.1, -0.05) is 0 Å². The molecule has 234 valence electrons. The first-order chi connectivity index (χ1) is 21.4. The largest absolute Gasteiger partial charge is 0.451 e. The summed E-state index contributed by atoms with van der Waals surface area (Å²) in [4.78, 5) is 41.1. The Hall–Kier alpha value is -3.27. The fraction of sp³-hybridized carbons (Fsp3) is 0.647. The third-order valence-electron chi connectivity index (χ3n) is 11.2. The van der Waals surface area contributed by atoms with Crippen molar-refractivity contribution in [2.24, 2.45) is 11.3 Å². The monoisotopic (exact) mass is 602 g/mol. The van der Waals surface area contributed by atoms with E-state index in [1.165, 1.54) is 44.4 Å². The number of rotatable bonds is 8. The quantitative estimate of drug-likeness (QED) is 0.459. The minimum Gasteiger partial charge on any atom is -0.451 e. The second-order valence-electron chi connectivity index (χ2n) is 14.6. The summed E-state index contributed by atoms with van der Waals surface area (Å²) in [5.74, 6) is 1.96. The van der Waals surface area contributed by atoms with Crippen molar-refractivity contribution in [3.63, 3.8) is 0 Å². The fourth-order valence-electron chi connectivity index (χ4n) is 8.34. The van der Waals surface area contributed by atoms with Gasteiger partial charge in [0.1, 0.15) is 17.9 Å². The zero-order valence-electron chi connectivity index (χ0n) is 25.5. The molecule has 2 amide bonds. The lowest BCUT2D eigenvalue weighted by atomic mass is 9.71. The number of aromatic nitrogens is 2. The molecule has 0 radical (unpaired) electrons. The number of carbonyl (C=O) groups is 2. The van der Waals surface area contributed by atoms with E-state index < -0.39 is 5.82 Å². The van der Waals surface area contributed by atoms with Gasteiger partial charge >= 0.3 is 0 Å². The molecule has 9 nitrogen and oxygen atoms in total. The highest BCUT2D eigenvalue weighted by molar-refractivity contribution is 5.98. The van der Waals surface area contributed by atoms with Gasteiger partial charge in [0, 0.05) is 49.1 Å². The van der Waals surface area contributed by atoms with Gasteiger partial charge in [-0.3, -0.25) is 9.59 Å². The van der Waals surface area contributed by atoms with Crippen molar-refractivity contribution in [3.05, 3.63) is 42.1 Å². The third-order valence-corrected chi connectivity index (χ3v) is 11.2. The van der Waals surface area contributed by atoms with Gasteiger partial charge in [0.15, 0.2) is 11.6 Å². The molecule has 4 heterocycles. The summed E-state index contributed by atoms with van der Waals surface area (Å²) in [5, 5.41) is 3.27. The van der Waals surface area contributed by atoms with Crippen LogP contribution in [-0.2, 0) is 4.79 Å². The number of halogens is 1. The molecule has 6 aliphatic rings. The molecular formula is C34H43FN6O3. The van der Waals surface area contributed by atoms with E-state index >= 15 is 0 Å². The average molecular weight is 603 g/mol. The predicted molar refractivity (Wildman–Crippen MR) is 163 cm³/mol. The van der Waals surface area contributed by atoms with E-state index in [4.69, 9.17) is 4.74 Å². The van der Waals surface area contributed by atoms with Gasteiger partial charge in [-0.25, -0.2) is 14.4 Å². The Kier molecular flexibility index (Phi) is 7.03. The Morgan fingerprint density at radius 2 is 1.73 bits per heavy atom. The maximum atomic E-state index is 14.4. The van der Waals surface area contributed by atoms with Gasteiger partial charge in [0.25, 0.3) is 5.91 Å². The summed E-state index contributed by atoms with van der Waals surface area (Å²) in [7, 11) is 0. The van der Waals surface area contributed by atoms with E-state index in [2.05, 4.69) is 25.1 Å². The Morgan fingerprint density at radius 3 is 2.39 bits per heavy atom. The summed E-state index contributed by atoms with van der Waals surface area (Å²) in [6, 6.07) is 4.74. The Balaban J connectivity index is 0.882. The molecule has 0 bridgehead atoms. The van der Waals surface area contributed by atoms with Crippen LogP contribution in [-0.4, -0.2) is 81.9 Å². The number of anilines is 1. The first-order valence-electron chi connectivity index (χ1n) is 16.8. The number of hydrogen-bond donors (Lipinski definition) is 1. The summed E-state index contributed by atoms with van der Waals surface area (Å²) in [6.07, 6.45) is 16.0. The first-order valence-corrected chi connectivity index (χ1v) is 16.8. The molecule has 2 spiro atoms. The Labute approximate surface area is 258 Å². The molecule has 0 unspecified atom stereocenters. The zero-order chi connectivity index (χ0) is 29.9. The highest BCUT2D eigenvalue weighted by Crippen LogP contribution is 2.46. The van der Waals surface area contributed by atoms with Crippen LogP contribution >= 0.6 is 0 Å². The van der Waals surface area contributed by atoms with Gasteiger partial charge < -0.3 is 24.8 Å². The summed E-state index contributed by atoms with van der Waals surface area (Å²) in [5.41, 5.74) is 0.655. The standard InChI is InChI=1S/C34H43FN6O3/c35-24-1-6-28(27(17-24)32(43)41(25-2-3-25)26-4-5-26)44-29-18-36-22-37-31(29)40-20-33(21-40)13-15-39(16-14-33)19-23-7-10-34(11-8-23)12-9-30(42)38-34/h1,6,17-18,22-23,25-26H,2-5,7-16,19-21H2,(H,38,42). The lowest BCUT2D eigenvalue weighted by molar-refractivity contribution is -0.120. The highest BCUT2D eigenvalue weighted by Gasteiger charge is 2.47. The molecule has 3 aliphatic carbocycles. The van der Waals surface area contributed by atoms with E-state index in [1.807, 2.05) is 4.90 Å². The normalized spacial score (nSPS) is 28.2. The van der Waals surface area contributed by atoms with Crippen LogP contribution in [0.5, 0.6) is 11.5 Å². The summed E-state index contributed by atoms with van der Waals surface area (Å²) in [6.45, 7) is 5.27. The zero-order valence-corrected chi connectivity index (χ0v) is 25.5. The Morgan fingerprint density at radius 1 is 1.00 bits per heavy atom. The van der Waals surface area contributed by atoms with Crippen molar-refractivity contribution in [2.45, 2.75) is 94.7 Å². The maximum Gasteiger partial charge on any atom is 0.258 e. The van der Waals surface area contributed by atoms with Gasteiger partial charge in [0.2, 0.25) is 5.91 Å². The van der Waals surface area contributed by atoms with E-state index in [-0.39, 0.29) is 40.4 Å². The van der Waals surface area contributed by atoms with Gasteiger partial charge in [-0.05, 0) is 108 Å². The highest BCUT2D eigenvalue weighted by atomic mass is 19.1. The van der Waals surface area contributed by atoms with Crippen LogP contribution in [0, 0.1) is 17.2 Å². The number of benzene rings is 1. The van der Waals surface area contributed by atoms with Crippen LogP contribution in [0.1, 0.15) is 87.4 Å². The lowest BCUT2D eigenvalue weighted by Crippen LogP contribution is -2.61. The van der Waals surface area contributed by atoms with Crippen LogP contribution in [0.3, 0.4) is 0 Å². The van der Waals surface area contributed by atoms with Crippen molar-refractivity contribution in [1.29, 1.82) is 0 Å². The molecule has 3 aliphatic heterocycles. The van der Waals surface area contributed by atoms with Crippen molar-refractivity contribution < 1.29 is 18.7 Å². The summed E-state index contributed by atoms with van der Waals surface area (Å²) >= 11 is 0. The third kappa shape index (κ3) is 5.54. The molecule has 1 aromatic carbocycles. The number of amides is 2. The number of carbonyl (C=O) groups excluding carboxylic acids is 2. The Bertz CT molecular complexity index is 1410. The van der Waals surface area contributed by atoms with E-state index in [1.54, 1.807) is 18.6 Å². The minimum atomic E-state index is -0.442. The number of likely N-dealkylation sites (tertiary alicyclic amines) is 1. The second-order valence-corrected chi connectivity index (χ2v) is 14.6.